The first-order valence-corrected chi connectivity index (χ1v) is 7.97. The molecule has 2 heterocycles. The first-order chi connectivity index (χ1) is 11.2. The van der Waals surface area contributed by atoms with E-state index in [1.807, 2.05) is 23.1 Å². The zero-order valence-electron chi connectivity index (χ0n) is 13.3. The molecule has 1 saturated heterocycles. The van der Waals surface area contributed by atoms with Gasteiger partial charge in [-0.1, -0.05) is 18.9 Å². The van der Waals surface area contributed by atoms with Crippen molar-refractivity contribution in [3.05, 3.63) is 35.7 Å². The molecule has 7 nitrogen and oxygen atoms in total. The van der Waals surface area contributed by atoms with Crippen molar-refractivity contribution in [1.29, 1.82) is 0 Å². The fourth-order valence-electron chi connectivity index (χ4n) is 2.69. The molecule has 0 N–H and O–H groups in total. The van der Waals surface area contributed by atoms with E-state index in [0.717, 1.165) is 25.9 Å². The Bertz CT molecular complexity index is 662. The molecule has 1 aliphatic heterocycles. The van der Waals surface area contributed by atoms with Crippen molar-refractivity contribution < 1.29 is 9.53 Å². The SMILES string of the molecule is Cn1nnnc1COc1cccc(C(=O)N2CCCCCC2)c1. The standard InChI is InChI=1S/C16H21N5O2/c1-20-15(17-18-19-20)12-23-14-8-6-7-13(11-14)16(22)21-9-4-2-3-5-10-21/h6-8,11H,2-5,9-10,12H2,1H3. The second kappa shape index (κ2) is 7.21. The number of amides is 1. The smallest absolute Gasteiger partial charge is 0.253 e. The Balaban J connectivity index is 1.66. The lowest BCUT2D eigenvalue weighted by molar-refractivity contribution is 0.0761. The summed E-state index contributed by atoms with van der Waals surface area (Å²) >= 11 is 0. The molecule has 1 aliphatic rings. The Morgan fingerprint density at radius 1 is 1.22 bits per heavy atom. The first kappa shape index (κ1) is 15.5. The Hall–Kier alpha value is -2.44. The van der Waals surface area contributed by atoms with Crippen LogP contribution in [0.5, 0.6) is 5.75 Å². The van der Waals surface area contributed by atoms with Crippen LogP contribution in [0.15, 0.2) is 24.3 Å². The van der Waals surface area contributed by atoms with E-state index >= 15 is 0 Å². The van der Waals surface area contributed by atoms with Crippen molar-refractivity contribution >= 4 is 5.91 Å². The number of likely N-dealkylation sites (tertiary alicyclic amines) is 1. The van der Waals surface area contributed by atoms with E-state index in [1.54, 1.807) is 17.8 Å². The Morgan fingerprint density at radius 2 is 2.00 bits per heavy atom. The van der Waals surface area contributed by atoms with E-state index in [-0.39, 0.29) is 12.5 Å². The van der Waals surface area contributed by atoms with E-state index in [4.69, 9.17) is 4.74 Å². The number of carbonyl (C=O) groups is 1. The van der Waals surface area contributed by atoms with E-state index in [0.29, 0.717) is 17.1 Å². The molecular weight excluding hydrogens is 294 g/mol. The van der Waals surface area contributed by atoms with Gasteiger partial charge in [0.25, 0.3) is 5.91 Å². The molecule has 23 heavy (non-hydrogen) atoms. The highest BCUT2D eigenvalue weighted by Crippen LogP contribution is 2.18. The topological polar surface area (TPSA) is 73.1 Å². The van der Waals surface area contributed by atoms with Gasteiger partial charge in [0.2, 0.25) is 0 Å². The van der Waals surface area contributed by atoms with Crippen molar-refractivity contribution in [2.45, 2.75) is 32.3 Å². The third-order valence-corrected chi connectivity index (χ3v) is 4.05. The van der Waals surface area contributed by atoms with Gasteiger partial charge < -0.3 is 9.64 Å². The zero-order valence-corrected chi connectivity index (χ0v) is 13.3. The molecule has 1 aromatic carbocycles. The second-order valence-electron chi connectivity index (χ2n) is 5.74. The number of hydrogen-bond donors (Lipinski definition) is 0. The van der Waals surface area contributed by atoms with Crippen LogP contribution in [0.3, 0.4) is 0 Å². The molecule has 1 amide bonds. The molecule has 0 atom stereocenters. The van der Waals surface area contributed by atoms with Crippen LogP contribution in [0.2, 0.25) is 0 Å². The van der Waals surface area contributed by atoms with E-state index in [9.17, 15) is 4.79 Å². The molecule has 0 bridgehead atoms. The zero-order chi connectivity index (χ0) is 16.1. The average molecular weight is 315 g/mol. The van der Waals surface area contributed by atoms with Crippen LogP contribution >= 0.6 is 0 Å². The van der Waals surface area contributed by atoms with Crippen LogP contribution in [-0.4, -0.2) is 44.1 Å². The number of aryl methyl sites for hydroxylation is 1. The van der Waals surface area contributed by atoms with Crippen LogP contribution in [0.1, 0.15) is 41.9 Å². The van der Waals surface area contributed by atoms with Crippen molar-refractivity contribution in [1.82, 2.24) is 25.1 Å². The van der Waals surface area contributed by atoms with Gasteiger partial charge in [-0.25, -0.2) is 4.68 Å². The van der Waals surface area contributed by atoms with Crippen LogP contribution in [0, 0.1) is 0 Å². The third-order valence-electron chi connectivity index (χ3n) is 4.05. The predicted molar refractivity (Wildman–Crippen MR) is 83.9 cm³/mol. The van der Waals surface area contributed by atoms with Gasteiger partial charge in [0.05, 0.1) is 0 Å². The van der Waals surface area contributed by atoms with Crippen LogP contribution in [-0.2, 0) is 13.7 Å². The summed E-state index contributed by atoms with van der Waals surface area (Å²) in [5, 5.41) is 11.2. The van der Waals surface area contributed by atoms with Crippen molar-refractivity contribution in [2.75, 3.05) is 13.1 Å². The molecule has 0 unspecified atom stereocenters. The van der Waals surface area contributed by atoms with Crippen LogP contribution < -0.4 is 4.74 Å². The normalized spacial score (nSPS) is 15.3. The first-order valence-electron chi connectivity index (χ1n) is 7.97. The summed E-state index contributed by atoms with van der Waals surface area (Å²) in [5.41, 5.74) is 0.667. The molecule has 3 rings (SSSR count). The van der Waals surface area contributed by atoms with Crippen molar-refractivity contribution in [2.24, 2.45) is 7.05 Å². The lowest BCUT2D eigenvalue weighted by Crippen LogP contribution is -2.31. The maximum Gasteiger partial charge on any atom is 0.253 e. The summed E-state index contributed by atoms with van der Waals surface area (Å²) in [5.74, 6) is 1.36. The maximum absolute atomic E-state index is 12.6. The number of aromatic nitrogens is 4. The molecule has 0 radical (unpaired) electrons. The lowest BCUT2D eigenvalue weighted by atomic mass is 10.2. The molecule has 122 valence electrons. The van der Waals surface area contributed by atoms with Crippen LogP contribution in [0.4, 0.5) is 0 Å². The lowest BCUT2D eigenvalue weighted by Gasteiger charge is -2.20. The van der Waals surface area contributed by atoms with Gasteiger partial charge in [-0.15, -0.1) is 5.10 Å². The summed E-state index contributed by atoms with van der Waals surface area (Å²) in [6.45, 7) is 1.95. The molecule has 0 spiro atoms. The van der Waals surface area contributed by atoms with Gasteiger partial charge in [-0.3, -0.25) is 4.79 Å². The Kier molecular flexibility index (Phi) is 4.85. The summed E-state index contributed by atoms with van der Waals surface area (Å²) in [6.07, 6.45) is 4.58. The minimum absolute atomic E-state index is 0.0812. The average Bonchev–Trinajstić information content (AvgIpc) is 2.82. The highest BCUT2D eigenvalue weighted by atomic mass is 16.5. The maximum atomic E-state index is 12.6. The summed E-state index contributed by atoms with van der Waals surface area (Å²) < 4.78 is 7.26. The van der Waals surface area contributed by atoms with Gasteiger partial charge >= 0.3 is 0 Å². The number of nitrogens with zero attached hydrogens (tertiary/aromatic N) is 5. The fourth-order valence-corrected chi connectivity index (χ4v) is 2.69. The molecule has 2 aromatic rings. The molecule has 7 heteroatoms. The Labute approximate surface area is 135 Å². The van der Waals surface area contributed by atoms with Gasteiger partial charge in [-0.05, 0) is 41.5 Å². The minimum atomic E-state index is 0.0812. The van der Waals surface area contributed by atoms with Crippen molar-refractivity contribution in [3.63, 3.8) is 0 Å². The highest BCUT2D eigenvalue weighted by molar-refractivity contribution is 5.94. The summed E-state index contributed by atoms with van der Waals surface area (Å²) in [7, 11) is 1.76. The monoisotopic (exact) mass is 315 g/mol. The Morgan fingerprint density at radius 3 is 2.70 bits per heavy atom. The summed E-state index contributed by atoms with van der Waals surface area (Å²) in [6, 6.07) is 7.30. The highest BCUT2D eigenvalue weighted by Gasteiger charge is 2.17. The van der Waals surface area contributed by atoms with Gasteiger partial charge in [0.15, 0.2) is 5.82 Å². The van der Waals surface area contributed by atoms with E-state index in [2.05, 4.69) is 15.5 Å². The number of carbonyl (C=O) groups excluding carboxylic acids is 1. The number of benzene rings is 1. The number of tetrazole rings is 1. The predicted octanol–water partition coefficient (Wildman–Crippen LogP) is 1.81. The molecular formula is C16H21N5O2. The molecule has 0 aliphatic carbocycles. The quantitative estimate of drug-likeness (QED) is 0.860. The van der Waals surface area contributed by atoms with E-state index < -0.39 is 0 Å². The second-order valence-corrected chi connectivity index (χ2v) is 5.74. The van der Waals surface area contributed by atoms with Gasteiger partial charge in [0.1, 0.15) is 12.4 Å². The summed E-state index contributed by atoms with van der Waals surface area (Å²) in [4.78, 5) is 14.6. The van der Waals surface area contributed by atoms with Crippen LogP contribution in [0.25, 0.3) is 0 Å². The number of hydrogen-bond acceptors (Lipinski definition) is 5. The fraction of sp³-hybridized carbons (Fsp3) is 0.500. The molecule has 0 saturated carbocycles. The third kappa shape index (κ3) is 3.85. The van der Waals surface area contributed by atoms with E-state index in [1.165, 1.54) is 12.8 Å². The largest absolute Gasteiger partial charge is 0.486 e. The van der Waals surface area contributed by atoms with Gasteiger partial charge in [-0.2, -0.15) is 0 Å². The minimum Gasteiger partial charge on any atom is -0.486 e. The molecule has 1 aromatic heterocycles. The van der Waals surface area contributed by atoms with Gasteiger partial charge in [0, 0.05) is 25.7 Å². The van der Waals surface area contributed by atoms with Crippen molar-refractivity contribution in [3.8, 4) is 5.75 Å². The number of ether oxygens (including phenoxy) is 1. The molecule has 1 fully saturated rings. The number of rotatable bonds is 4.